The number of piperidine rings is 1. The molecule has 4 bridgehead atoms. The van der Waals surface area contributed by atoms with Crippen molar-refractivity contribution in [1.29, 1.82) is 0 Å². The van der Waals surface area contributed by atoms with Gasteiger partial charge in [0.2, 0.25) is 5.91 Å². The molecule has 1 aromatic rings. The summed E-state index contributed by atoms with van der Waals surface area (Å²) in [6, 6.07) is 9.55. The van der Waals surface area contributed by atoms with Crippen LogP contribution >= 0.6 is 0 Å². The molecule has 1 aromatic carbocycles. The molecule has 1 saturated heterocycles. The molecule has 0 radical (unpaired) electrons. The van der Waals surface area contributed by atoms with Gasteiger partial charge in [-0.05, 0) is 86.7 Å². The maximum absolute atomic E-state index is 13.4. The van der Waals surface area contributed by atoms with Gasteiger partial charge in [-0.2, -0.15) is 0 Å². The smallest absolute Gasteiger partial charge is 0.251 e. The molecular weight excluding hydrogens is 362 g/mol. The monoisotopic (exact) mass is 393 g/mol. The van der Waals surface area contributed by atoms with Crippen LogP contribution in [0.4, 0.5) is 0 Å². The van der Waals surface area contributed by atoms with Crippen LogP contribution in [0.5, 0.6) is 0 Å². The van der Waals surface area contributed by atoms with E-state index in [9.17, 15) is 9.59 Å². The first-order chi connectivity index (χ1) is 14.0. The molecule has 154 valence electrons. The number of likely N-dealkylation sites (tertiary alicyclic amines) is 1. The summed E-state index contributed by atoms with van der Waals surface area (Å²) >= 11 is 0. The van der Waals surface area contributed by atoms with E-state index in [1.54, 1.807) is 0 Å². The van der Waals surface area contributed by atoms with E-state index < -0.39 is 6.04 Å². The number of amides is 2. The summed E-state index contributed by atoms with van der Waals surface area (Å²) in [6.07, 6.45) is 8.62. The van der Waals surface area contributed by atoms with Gasteiger partial charge in [0.15, 0.2) is 0 Å². The SMILES string of the molecule is NC(C(=O)N1CCC2CC21)C12CC3CC(CC(NC(=O)c4ccccc4)(C3)C1)C2. The van der Waals surface area contributed by atoms with Crippen molar-refractivity contribution in [3.63, 3.8) is 0 Å². The Bertz CT molecular complexity index is 839. The number of nitrogens with two attached hydrogens (primary N) is 1. The fourth-order valence-corrected chi connectivity index (χ4v) is 7.85. The summed E-state index contributed by atoms with van der Waals surface area (Å²) in [4.78, 5) is 28.4. The lowest BCUT2D eigenvalue weighted by Gasteiger charge is -2.63. The fourth-order valence-electron chi connectivity index (χ4n) is 7.85. The molecule has 0 spiro atoms. The Morgan fingerprint density at radius 2 is 1.79 bits per heavy atom. The second-order valence-corrected chi connectivity index (χ2v) is 10.8. The summed E-state index contributed by atoms with van der Waals surface area (Å²) in [6.45, 7) is 0.890. The molecule has 5 atom stereocenters. The van der Waals surface area contributed by atoms with Gasteiger partial charge in [-0.1, -0.05) is 18.2 Å². The third-order valence-electron chi connectivity index (χ3n) is 8.76. The van der Waals surface area contributed by atoms with Gasteiger partial charge in [-0.3, -0.25) is 9.59 Å². The molecule has 5 aliphatic carbocycles. The van der Waals surface area contributed by atoms with Gasteiger partial charge in [-0.25, -0.2) is 0 Å². The maximum Gasteiger partial charge on any atom is 0.251 e. The largest absolute Gasteiger partial charge is 0.347 e. The average Bonchev–Trinajstić information content (AvgIpc) is 3.36. The molecule has 7 rings (SSSR count). The van der Waals surface area contributed by atoms with Crippen molar-refractivity contribution in [2.24, 2.45) is 28.9 Å². The first-order valence-corrected chi connectivity index (χ1v) is 11.4. The Morgan fingerprint density at radius 3 is 2.41 bits per heavy atom. The number of hydrogen-bond acceptors (Lipinski definition) is 3. The van der Waals surface area contributed by atoms with Crippen LogP contribution in [-0.2, 0) is 4.79 Å². The summed E-state index contributed by atoms with van der Waals surface area (Å²) in [5.41, 5.74) is 7.16. The topological polar surface area (TPSA) is 75.4 Å². The molecule has 6 aliphatic rings. The average molecular weight is 394 g/mol. The number of carbonyl (C=O) groups excluding carboxylic acids is 2. The molecule has 6 fully saturated rings. The number of hydrogen-bond donors (Lipinski definition) is 2. The predicted octanol–water partition coefficient (Wildman–Crippen LogP) is 2.70. The lowest BCUT2D eigenvalue weighted by atomic mass is 9.45. The van der Waals surface area contributed by atoms with Crippen molar-refractivity contribution in [3.05, 3.63) is 35.9 Å². The minimum Gasteiger partial charge on any atom is -0.347 e. The van der Waals surface area contributed by atoms with Gasteiger partial charge in [0, 0.05) is 23.7 Å². The maximum atomic E-state index is 13.4. The van der Waals surface area contributed by atoms with Crippen LogP contribution in [0.1, 0.15) is 61.7 Å². The number of nitrogens with one attached hydrogen (secondary N) is 1. The fraction of sp³-hybridized carbons (Fsp3) is 0.667. The van der Waals surface area contributed by atoms with Crippen LogP contribution in [-0.4, -0.2) is 40.9 Å². The van der Waals surface area contributed by atoms with Crippen molar-refractivity contribution in [1.82, 2.24) is 10.2 Å². The van der Waals surface area contributed by atoms with E-state index >= 15 is 0 Å². The summed E-state index contributed by atoms with van der Waals surface area (Å²) in [7, 11) is 0. The Hall–Kier alpha value is -1.88. The zero-order valence-electron chi connectivity index (χ0n) is 17.0. The molecule has 5 nitrogen and oxygen atoms in total. The standard InChI is InChI=1S/C24H31N3O2/c25-20(22(29)27-7-6-18-9-19(18)27)23-10-15-8-16(11-23)13-24(12-15,14-23)26-21(28)17-4-2-1-3-5-17/h1-5,15-16,18-20H,6-14,25H2,(H,26,28). The molecule has 0 aromatic heterocycles. The predicted molar refractivity (Wildman–Crippen MR) is 110 cm³/mol. The molecular formula is C24H31N3O2. The molecule has 1 heterocycles. The third-order valence-corrected chi connectivity index (χ3v) is 8.76. The highest BCUT2D eigenvalue weighted by molar-refractivity contribution is 5.94. The van der Waals surface area contributed by atoms with Crippen LogP contribution in [0, 0.1) is 23.2 Å². The zero-order valence-corrected chi connectivity index (χ0v) is 17.0. The highest BCUT2D eigenvalue weighted by Gasteiger charge is 2.62. The lowest BCUT2D eigenvalue weighted by molar-refractivity contribution is -0.145. The normalized spacial score (nSPS) is 42.4. The number of rotatable bonds is 4. The van der Waals surface area contributed by atoms with E-state index in [0.29, 0.717) is 17.9 Å². The van der Waals surface area contributed by atoms with Crippen molar-refractivity contribution in [2.45, 2.75) is 69.0 Å². The van der Waals surface area contributed by atoms with E-state index in [-0.39, 0.29) is 22.8 Å². The first kappa shape index (κ1) is 17.9. The van der Waals surface area contributed by atoms with Crippen LogP contribution in [0.3, 0.4) is 0 Å². The van der Waals surface area contributed by atoms with Gasteiger partial charge in [0.1, 0.15) is 0 Å². The quantitative estimate of drug-likeness (QED) is 0.826. The van der Waals surface area contributed by atoms with Gasteiger partial charge in [0.25, 0.3) is 5.91 Å². The van der Waals surface area contributed by atoms with Gasteiger partial charge >= 0.3 is 0 Å². The number of benzene rings is 1. The molecule has 5 heteroatoms. The minimum atomic E-state index is -0.416. The van der Waals surface area contributed by atoms with E-state index in [1.807, 2.05) is 30.3 Å². The second-order valence-electron chi connectivity index (χ2n) is 10.8. The van der Waals surface area contributed by atoms with Crippen molar-refractivity contribution >= 4 is 11.8 Å². The second kappa shape index (κ2) is 6.07. The molecule has 3 N–H and O–H groups in total. The highest BCUT2D eigenvalue weighted by Crippen LogP contribution is 2.63. The van der Waals surface area contributed by atoms with E-state index in [0.717, 1.165) is 56.6 Å². The molecule has 29 heavy (non-hydrogen) atoms. The number of fused-ring (bicyclic) bond motifs is 1. The van der Waals surface area contributed by atoms with Gasteiger partial charge in [-0.15, -0.1) is 0 Å². The molecule has 1 aliphatic heterocycles. The Balaban J connectivity index is 1.26. The van der Waals surface area contributed by atoms with Crippen LogP contribution in [0.15, 0.2) is 30.3 Å². The number of carbonyl (C=O) groups is 2. The van der Waals surface area contributed by atoms with Gasteiger partial charge in [0.05, 0.1) is 6.04 Å². The van der Waals surface area contributed by atoms with E-state index in [1.165, 1.54) is 12.8 Å². The Kier molecular flexibility index (Phi) is 3.75. The van der Waals surface area contributed by atoms with Crippen LogP contribution in [0.25, 0.3) is 0 Å². The van der Waals surface area contributed by atoms with Crippen LogP contribution < -0.4 is 11.1 Å². The first-order valence-electron chi connectivity index (χ1n) is 11.4. The summed E-state index contributed by atoms with van der Waals surface area (Å²) in [5.74, 6) is 2.10. The molecule has 5 saturated carbocycles. The van der Waals surface area contributed by atoms with E-state index in [4.69, 9.17) is 5.73 Å². The van der Waals surface area contributed by atoms with Crippen molar-refractivity contribution < 1.29 is 9.59 Å². The Morgan fingerprint density at radius 1 is 1.07 bits per heavy atom. The summed E-state index contributed by atoms with van der Waals surface area (Å²) < 4.78 is 0. The number of nitrogens with zero attached hydrogens (tertiary/aromatic N) is 1. The lowest BCUT2D eigenvalue weighted by Crippen LogP contribution is -2.68. The molecule has 5 unspecified atom stereocenters. The van der Waals surface area contributed by atoms with Crippen molar-refractivity contribution in [2.75, 3.05) is 6.54 Å². The summed E-state index contributed by atoms with van der Waals surface area (Å²) in [5, 5.41) is 3.43. The zero-order chi connectivity index (χ0) is 19.8. The minimum absolute atomic E-state index is 0.0166. The highest BCUT2D eigenvalue weighted by atomic mass is 16.2. The Labute approximate surface area is 172 Å². The third kappa shape index (κ3) is 2.77. The van der Waals surface area contributed by atoms with E-state index in [2.05, 4.69) is 10.2 Å². The van der Waals surface area contributed by atoms with Gasteiger partial charge < -0.3 is 16.0 Å². The molecule has 2 amide bonds. The van der Waals surface area contributed by atoms with Crippen molar-refractivity contribution in [3.8, 4) is 0 Å². The van der Waals surface area contributed by atoms with Crippen LogP contribution in [0.2, 0.25) is 0 Å².